The summed E-state index contributed by atoms with van der Waals surface area (Å²) in [6.45, 7) is 2.15. The van der Waals surface area contributed by atoms with Crippen LogP contribution in [0.1, 0.15) is 12.6 Å². The minimum atomic E-state index is 0.505. The zero-order valence-electron chi connectivity index (χ0n) is 7.33. The third-order valence-electron chi connectivity index (χ3n) is 1.78. The summed E-state index contributed by atoms with van der Waals surface area (Å²) >= 11 is 0. The molecule has 1 heterocycles. The second-order valence-electron chi connectivity index (χ2n) is 2.87. The molecule has 1 N–H and O–H groups in total. The highest BCUT2D eigenvalue weighted by Gasteiger charge is 2.01. The van der Waals surface area contributed by atoms with E-state index in [9.17, 15) is 0 Å². The fraction of sp³-hybridized carbons (Fsp3) is 0.625. The van der Waals surface area contributed by atoms with Crippen molar-refractivity contribution in [3.05, 3.63) is 18.0 Å². The largest absolute Gasteiger partial charge is 0.317 e. The van der Waals surface area contributed by atoms with Crippen molar-refractivity contribution in [2.45, 2.75) is 19.4 Å². The quantitative estimate of drug-likeness (QED) is 0.688. The van der Waals surface area contributed by atoms with Gasteiger partial charge in [0.1, 0.15) is 0 Å². The Bertz CT molecular complexity index is 217. The van der Waals surface area contributed by atoms with E-state index < -0.39 is 0 Å². The van der Waals surface area contributed by atoms with Crippen LogP contribution in [0.25, 0.3) is 0 Å². The van der Waals surface area contributed by atoms with Crippen LogP contribution in [0.2, 0.25) is 0 Å². The molecule has 11 heavy (non-hydrogen) atoms. The van der Waals surface area contributed by atoms with Crippen LogP contribution in [0.4, 0.5) is 0 Å². The molecule has 0 aliphatic carbocycles. The third-order valence-corrected chi connectivity index (χ3v) is 1.78. The molecule has 0 radical (unpaired) electrons. The second kappa shape index (κ2) is 3.53. The van der Waals surface area contributed by atoms with Crippen LogP contribution < -0.4 is 5.32 Å². The molecule has 0 saturated carbocycles. The molecule has 0 fully saturated rings. The van der Waals surface area contributed by atoms with Crippen molar-refractivity contribution in [1.29, 1.82) is 0 Å². The number of hydrogen-bond acceptors (Lipinski definition) is 2. The molecule has 1 atom stereocenters. The standard InChI is InChI=1S/C8H15N3/c1-7(9-2)6-8-4-5-11(3)10-8/h4-5,7,9H,6H2,1-3H3. The van der Waals surface area contributed by atoms with Crippen LogP contribution in [0.5, 0.6) is 0 Å². The van der Waals surface area contributed by atoms with Gasteiger partial charge in [0.2, 0.25) is 0 Å². The van der Waals surface area contributed by atoms with E-state index in [1.54, 1.807) is 0 Å². The van der Waals surface area contributed by atoms with Crippen molar-refractivity contribution in [1.82, 2.24) is 15.1 Å². The predicted molar refractivity (Wildman–Crippen MR) is 45.4 cm³/mol. The van der Waals surface area contributed by atoms with Crippen LogP contribution in [-0.4, -0.2) is 22.9 Å². The maximum absolute atomic E-state index is 4.28. The van der Waals surface area contributed by atoms with Crippen molar-refractivity contribution in [2.24, 2.45) is 7.05 Å². The summed E-state index contributed by atoms with van der Waals surface area (Å²) in [5.74, 6) is 0. The molecule has 0 bridgehead atoms. The lowest BCUT2D eigenvalue weighted by Crippen LogP contribution is -2.23. The Kier molecular flexibility index (Phi) is 2.65. The van der Waals surface area contributed by atoms with Gasteiger partial charge < -0.3 is 5.32 Å². The summed E-state index contributed by atoms with van der Waals surface area (Å²) < 4.78 is 1.83. The zero-order valence-corrected chi connectivity index (χ0v) is 7.33. The number of rotatable bonds is 3. The normalized spacial score (nSPS) is 13.4. The summed E-state index contributed by atoms with van der Waals surface area (Å²) in [6.07, 6.45) is 2.97. The Morgan fingerprint density at radius 2 is 2.45 bits per heavy atom. The molecule has 1 unspecified atom stereocenters. The maximum Gasteiger partial charge on any atom is 0.0639 e. The highest BCUT2D eigenvalue weighted by atomic mass is 15.2. The molecule has 0 aliphatic heterocycles. The van der Waals surface area contributed by atoms with Gasteiger partial charge in [-0.3, -0.25) is 4.68 Å². The number of nitrogens with zero attached hydrogens (tertiary/aromatic N) is 2. The van der Waals surface area contributed by atoms with Gasteiger partial charge >= 0.3 is 0 Å². The fourth-order valence-corrected chi connectivity index (χ4v) is 0.988. The van der Waals surface area contributed by atoms with Gasteiger partial charge in [0.25, 0.3) is 0 Å². The first-order valence-corrected chi connectivity index (χ1v) is 3.88. The van der Waals surface area contributed by atoms with Crippen LogP contribution >= 0.6 is 0 Å². The molecule has 1 rings (SSSR count). The van der Waals surface area contributed by atoms with E-state index in [4.69, 9.17) is 0 Å². The van der Waals surface area contributed by atoms with Crippen LogP contribution in [-0.2, 0) is 13.5 Å². The van der Waals surface area contributed by atoms with Crippen molar-refractivity contribution in [3.63, 3.8) is 0 Å². The second-order valence-corrected chi connectivity index (χ2v) is 2.87. The monoisotopic (exact) mass is 153 g/mol. The van der Waals surface area contributed by atoms with E-state index in [0.717, 1.165) is 12.1 Å². The van der Waals surface area contributed by atoms with Crippen LogP contribution in [0, 0.1) is 0 Å². The molecule has 0 spiro atoms. The molecular weight excluding hydrogens is 138 g/mol. The molecule has 62 valence electrons. The summed E-state index contributed by atoms with van der Waals surface area (Å²) in [5.41, 5.74) is 1.15. The average molecular weight is 153 g/mol. The minimum absolute atomic E-state index is 0.505. The smallest absolute Gasteiger partial charge is 0.0639 e. The number of nitrogens with one attached hydrogen (secondary N) is 1. The van der Waals surface area contributed by atoms with E-state index >= 15 is 0 Å². The van der Waals surface area contributed by atoms with Gasteiger partial charge in [-0.2, -0.15) is 5.10 Å². The summed E-state index contributed by atoms with van der Waals surface area (Å²) in [6, 6.07) is 2.55. The van der Waals surface area contributed by atoms with Gasteiger partial charge in [0.15, 0.2) is 0 Å². The van der Waals surface area contributed by atoms with Crippen molar-refractivity contribution >= 4 is 0 Å². The average Bonchev–Trinajstić information content (AvgIpc) is 2.35. The van der Waals surface area contributed by atoms with E-state index in [-0.39, 0.29) is 0 Å². The lowest BCUT2D eigenvalue weighted by molar-refractivity contribution is 0.592. The first kappa shape index (κ1) is 8.27. The molecular formula is C8H15N3. The van der Waals surface area contributed by atoms with Gasteiger partial charge in [-0.05, 0) is 20.0 Å². The summed E-state index contributed by atoms with van der Waals surface area (Å²) in [5, 5.41) is 7.45. The van der Waals surface area contributed by atoms with E-state index in [1.807, 2.05) is 31.0 Å². The van der Waals surface area contributed by atoms with Crippen LogP contribution in [0.15, 0.2) is 12.3 Å². The summed E-state index contributed by atoms with van der Waals surface area (Å²) in [7, 11) is 3.90. The molecule has 3 heteroatoms. The molecule has 0 aromatic carbocycles. The molecule has 0 aliphatic rings. The maximum atomic E-state index is 4.28. The highest BCUT2D eigenvalue weighted by molar-refractivity contribution is 5.00. The first-order valence-electron chi connectivity index (χ1n) is 3.88. The fourth-order valence-electron chi connectivity index (χ4n) is 0.988. The van der Waals surface area contributed by atoms with Gasteiger partial charge in [-0.25, -0.2) is 0 Å². The van der Waals surface area contributed by atoms with Gasteiger partial charge in [-0.15, -0.1) is 0 Å². The SMILES string of the molecule is CNC(C)Cc1ccn(C)n1. The van der Waals surface area contributed by atoms with Gasteiger partial charge in [0.05, 0.1) is 5.69 Å². The van der Waals surface area contributed by atoms with E-state index in [1.165, 1.54) is 0 Å². The molecule has 0 amide bonds. The molecule has 3 nitrogen and oxygen atoms in total. The molecule has 0 saturated heterocycles. The van der Waals surface area contributed by atoms with E-state index in [2.05, 4.69) is 17.3 Å². The Balaban J connectivity index is 2.50. The van der Waals surface area contributed by atoms with Crippen molar-refractivity contribution < 1.29 is 0 Å². The molecule has 1 aromatic heterocycles. The van der Waals surface area contributed by atoms with Crippen LogP contribution in [0.3, 0.4) is 0 Å². The zero-order chi connectivity index (χ0) is 8.27. The summed E-state index contributed by atoms with van der Waals surface area (Å²) in [4.78, 5) is 0. The molecule has 1 aromatic rings. The topological polar surface area (TPSA) is 29.9 Å². The van der Waals surface area contributed by atoms with Gasteiger partial charge in [0, 0.05) is 25.7 Å². The van der Waals surface area contributed by atoms with Gasteiger partial charge in [-0.1, -0.05) is 0 Å². The Labute approximate surface area is 67.4 Å². The Morgan fingerprint density at radius 3 is 2.91 bits per heavy atom. The lowest BCUT2D eigenvalue weighted by atomic mass is 10.2. The Hall–Kier alpha value is -0.830. The van der Waals surface area contributed by atoms with E-state index in [0.29, 0.717) is 6.04 Å². The Morgan fingerprint density at radius 1 is 1.73 bits per heavy atom. The van der Waals surface area contributed by atoms with Crippen molar-refractivity contribution in [2.75, 3.05) is 7.05 Å². The lowest BCUT2D eigenvalue weighted by Gasteiger charge is -2.06. The van der Waals surface area contributed by atoms with Crippen molar-refractivity contribution in [3.8, 4) is 0 Å². The predicted octanol–water partition coefficient (Wildman–Crippen LogP) is 0.570. The third kappa shape index (κ3) is 2.35. The number of aromatic nitrogens is 2. The minimum Gasteiger partial charge on any atom is -0.317 e. The highest BCUT2D eigenvalue weighted by Crippen LogP contribution is 1.98. The number of hydrogen-bond donors (Lipinski definition) is 1. The number of likely N-dealkylation sites (N-methyl/N-ethyl adjacent to an activating group) is 1. The number of aryl methyl sites for hydroxylation is 1. The first-order chi connectivity index (χ1) is 5.22.